The van der Waals surface area contributed by atoms with Gasteiger partial charge in [-0.05, 0) is 12.5 Å². The first-order chi connectivity index (χ1) is 13.2. The molecule has 1 amide bonds. The van der Waals surface area contributed by atoms with Gasteiger partial charge in [-0.3, -0.25) is 4.79 Å². The molecule has 0 bridgehead atoms. The molecule has 0 saturated heterocycles. The lowest BCUT2D eigenvalue weighted by atomic mass is 9.92. The molecule has 3 N–H and O–H groups in total. The van der Waals surface area contributed by atoms with Crippen LogP contribution in [0.1, 0.15) is 34.9 Å². The van der Waals surface area contributed by atoms with Crippen LogP contribution in [-0.2, 0) is 17.9 Å². The van der Waals surface area contributed by atoms with Crippen molar-refractivity contribution in [3.05, 3.63) is 59.1 Å². The van der Waals surface area contributed by atoms with E-state index in [1.165, 1.54) is 11.3 Å². The Balaban J connectivity index is 1.53. The number of benzene rings is 1. The molecular formula is C19H21N5O2S. The summed E-state index contributed by atoms with van der Waals surface area (Å²) in [5.41, 5.74) is 7.78. The zero-order valence-corrected chi connectivity index (χ0v) is 15.6. The van der Waals surface area contributed by atoms with Gasteiger partial charge in [0.05, 0.1) is 25.2 Å². The molecule has 1 unspecified atom stereocenters. The number of anilines is 1. The van der Waals surface area contributed by atoms with Gasteiger partial charge in [-0.2, -0.15) is 0 Å². The lowest BCUT2D eigenvalue weighted by molar-refractivity contribution is -0.121. The zero-order chi connectivity index (χ0) is 18.6. The Morgan fingerprint density at radius 3 is 3.11 bits per heavy atom. The summed E-state index contributed by atoms with van der Waals surface area (Å²) in [6, 6.07) is 7.90. The van der Waals surface area contributed by atoms with Gasteiger partial charge in [-0.15, -0.1) is 11.3 Å². The van der Waals surface area contributed by atoms with E-state index in [1.807, 2.05) is 35.0 Å². The van der Waals surface area contributed by atoms with Crippen molar-refractivity contribution in [3.8, 4) is 5.75 Å². The molecule has 0 fully saturated rings. The molecule has 4 rings (SSSR count). The summed E-state index contributed by atoms with van der Waals surface area (Å²) in [4.78, 5) is 21.7. The highest BCUT2D eigenvalue weighted by atomic mass is 32.1. The average molecular weight is 383 g/mol. The summed E-state index contributed by atoms with van der Waals surface area (Å²) in [6.07, 6.45) is 6.74. The molecule has 7 nitrogen and oxygen atoms in total. The normalized spacial score (nSPS) is 16.4. The summed E-state index contributed by atoms with van der Waals surface area (Å²) in [5, 5.41) is 3.43. The topological polar surface area (TPSA) is 95.1 Å². The number of hydrogen-bond acceptors (Lipinski definition) is 6. The molecule has 3 heterocycles. The van der Waals surface area contributed by atoms with Crippen LogP contribution >= 0.6 is 11.3 Å². The average Bonchev–Trinajstić information content (AvgIpc) is 3.28. The standard InChI is InChI=1S/C19H21N5O2S/c20-19-23-15-11-22-17(25)10-14(18(15)27-19)13-4-1-2-5-16(13)26-9-3-7-24-8-6-21-12-24/h1-2,4-6,8,12,14H,3,7,9-11H2,(H2,20,23)(H,22,25). The molecule has 140 valence electrons. The maximum atomic E-state index is 12.2. The highest BCUT2D eigenvalue weighted by molar-refractivity contribution is 7.15. The Kier molecular flexibility index (Phi) is 5.06. The number of ether oxygens (including phenoxy) is 1. The van der Waals surface area contributed by atoms with Crippen molar-refractivity contribution in [2.45, 2.75) is 31.8 Å². The van der Waals surface area contributed by atoms with E-state index in [0.717, 1.165) is 34.8 Å². The molecule has 8 heteroatoms. The molecule has 1 aromatic carbocycles. The number of para-hydroxylation sites is 1. The minimum Gasteiger partial charge on any atom is -0.493 e. The minimum atomic E-state index is -0.0952. The predicted molar refractivity (Wildman–Crippen MR) is 104 cm³/mol. The third-order valence-electron chi connectivity index (χ3n) is 4.57. The third kappa shape index (κ3) is 3.95. The molecule has 1 aliphatic heterocycles. The Hall–Kier alpha value is -2.87. The second-order valence-electron chi connectivity index (χ2n) is 6.44. The number of thiazole rings is 1. The number of nitrogens with one attached hydrogen (secondary N) is 1. The molecule has 1 atom stereocenters. The Labute approximate surface area is 161 Å². The van der Waals surface area contributed by atoms with Crippen molar-refractivity contribution < 1.29 is 9.53 Å². The number of rotatable bonds is 6. The van der Waals surface area contributed by atoms with Gasteiger partial charge in [-0.25, -0.2) is 9.97 Å². The predicted octanol–water partition coefficient (Wildman–Crippen LogP) is 2.54. The summed E-state index contributed by atoms with van der Waals surface area (Å²) < 4.78 is 8.10. The number of nitrogens with zero attached hydrogens (tertiary/aromatic N) is 3. The van der Waals surface area contributed by atoms with Gasteiger partial charge < -0.3 is 20.4 Å². The number of carbonyl (C=O) groups excluding carboxylic acids is 1. The van der Waals surface area contributed by atoms with Crippen molar-refractivity contribution in [3.63, 3.8) is 0 Å². The van der Waals surface area contributed by atoms with Crippen LogP contribution in [0, 0.1) is 0 Å². The summed E-state index contributed by atoms with van der Waals surface area (Å²) in [6.45, 7) is 1.86. The first-order valence-electron chi connectivity index (χ1n) is 8.90. The van der Waals surface area contributed by atoms with Gasteiger partial charge in [0.2, 0.25) is 5.91 Å². The van der Waals surface area contributed by atoms with Gasteiger partial charge in [0.25, 0.3) is 0 Å². The fourth-order valence-electron chi connectivity index (χ4n) is 3.31. The number of nitrogens with two attached hydrogens (primary N) is 1. The van der Waals surface area contributed by atoms with Crippen molar-refractivity contribution in [1.29, 1.82) is 0 Å². The largest absolute Gasteiger partial charge is 0.493 e. The van der Waals surface area contributed by atoms with E-state index in [0.29, 0.717) is 24.7 Å². The van der Waals surface area contributed by atoms with Crippen LogP contribution in [-0.4, -0.2) is 27.0 Å². The van der Waals surface area contributed by atoms with E-state index in [9.17, 15) is 4.79 Å². The van der Waals surface area contributed by atoms with Crippen LogP contribution in [0.15, 0.2) is 43.0 Å². The number of fused-ring (bicyclic) bond motifs is 1. The quantitative estimate of drug-likeness (QED) is 0.638. The molecule has 2 aromatic heterocycles. The summed E-state index contributed by atoms with van der Waals surface area (Å²) >= 11 is 1.45. The first kappa shape index (κ1) is 17.5. The van der Waals surface area contributed by atoms with Crippen molar-refractivity contribution >= 4 is 22.4 Å². The number of amides is 1. The third-order valence-corrected chi connectivity index (χ3v) is 5.62. The van der Waals surface area contributed by atoms with E-state index in [2.05, 4.69) is 15.3 Å². The lowest BCUT2D eigenvalue weighted by Crippen LogP contribution is -2.21. The number of carbonyl (C=O) groups is 1. The zero-order valence-electron chi connectivity index (χ0n) is 14.8. The number of imidazole rings is 1. The van der Waals surface area contributed by atoms with E-state index in [-0.39, 0.29) is 11.8 Å². The van der Waals surface area contributed by atoms with Gasteiger partial charge in [-0.1, -0.05) is 18.2 Å². The molecule has 0 saturated carbocycles. The van der Waals surface area contributed by atoms with E-state index < -0.39 is 0 Å². The van der Waals surface area contributed by atoms with E-state index in [1.54, 1.807) is 12.5 Å². The summed E-state index contributed by atoms with van der Waals surface area (Å²) in [5.74, 6) is 0.724. The first-order valence-corrected chi connectivity index (χ1v) is 9.71. The van der Waals surface area contributed by atoms with Crippen LogP contribution in [0.2, 0.25) is 0 Å². The second-order valence-corrected chi connectivity index (χ2v) is 7.50. The van der Waals surface area contributed by atoms with Crippen LogP contribution < -0.4 is 15.8 Å². The molecule has 0 aliphatic carbocycles. The Bertz CT molecular complexity index is 922. The number of aryl methyl sites for hydroxylation is 1. The fraction of sp³-hybridized carbons (Fsp3) is 0.316. The van der Waals surface area contributed by atoms with Crippen molar-refractivity contribution in [2.75, 3.05) is 12.3 Å². The molecule has 3 aromatic rings. The monoisotopic (exact) mass is 383 g/mol. The highest BCUT2D eigenvalue weighted by Crippen LogP contribution is 2.40. The Morgan fingerprint density at radius 2 is 2.26 bits per heavy atom. The van der Waals surface area contributed by atoms with E-state index >= 15 is 0 Å². The van der Waals surface area contributed by atoms with Crippen LogP contribution in [0.5, 0.6) is 5.75 Å². The molecule has 0 radical (unpaired) electrons. The molecular weight excluding hydrogens is 362 g/mol. The smallest absolute Gasteiger partial charge is 0.221 e. The number of aromatic nitrogens is 3. The maximum absolute atomic E-state index is 12.2. The number of nitrogen functional groups attached to an aromatic ring is 1. The van der Waals surface area contributed by atoms with Crippen LogP contribution in [0.3, 0.4) is 0 Å². The van der Waals surface area contributed by atoms with Gasteiger partial charge in [0, 0.05) is 41.7 Å². The Morgan fingerprint density at radius 1 is 1.37 bits per heavy atom. The van der Waals surface area contributed by atoms with Crippen LogP contribution in [0.4, 0.5) is 5.13 Å². The van der Waals surface area contributed by atoms with Crippen molar-refractivity contribution in [1.82, 2.24) is 19.9 Å². The lowest BCUT2D eigenvalue weighted by Gasteiger charge is -2.18. The molecule has 0 spiro atoms. The van der Waals surface area contributed by atoms with E-state index in [4.69, 9.17) is 10.5 Å². The maximum Gasteiger partial charge on any atom is 0.221 e. The summed E-state index contributed by atoms with van der Waals surface area (Å²) in [7, 11) is 0. The fourth-order valence-corrected chi connectivity index (χ4v) is 4.28. The highest BCUT2D eigenvalue weighted by Gasteiger charge is 2.29. The SMILES string of the molecule is Nc1nc2c(s1)C(c1ccccc1OCCCn1ccnc1)CC(=O)NC2. The van der Waals surface area contributed by atoms with Crippen LogP contribution in [0.25, 0.3) is 0 Å². The van der Waals surface area contributed by atoms with Gasteiger partial charge >= 0.3 is 0 Å². The molecule has 1 aliphatic rings. The van der Waals surface area contributed by atoms with Crippen molar-refractivity contribution in [2.24, 2.45) is 0 Å². The minimum absolute atomic E-state index is 0.0127. The van der Waals surface area contributed by atoms with Gasteiger partial charge in [0.15, 0.2) is 5.13 Å². The number of hydrogen-bond donors (Lipinski definition) is 2. The second kappa shape index (κ2) is 7.79. The molecule has 27 heavy (non-hydrogen) atoms. The van der Waals surface area contributed by atoms with Gasteiger partial charge in [0.1, 0.15) is 5.75 Å².